The molecule has 0 amide bonds. The lowest BCUT2D eigenvalue weighted by Gasteiger charge is -2.25. The molecule has 0 fully saturated rings. The maximum atomic E-state index is 14.0. The van der Waals surface area contributed by atoms with Crippen molar-refractivity contribution in [3.8, 4) is 23.0 Å². The number of nitrogens with zero attached hydrogens (tertiary/aromatic N) is 2. The van der Waals surface area contributed by atoms with E-state index in [-0.39, 0.29) is 30.5 Å². The van der Waals surface area contributed by atoms with Gasteiger partial charge in [-0.3, -0.25) is 9.36 Å². The second-order valence-corrected chi connectivity index (χ2v) is 10.9. The van der Waals surface area contributed by atoms with E-state index in [2.05, 4.69) is 9.73 Å². The molecule has 1 atom stereocenters. The third kappa shape index (κ3) is 6.96. The first-order chi connectivity index (χ1) is 21.1. The largest absolute Gasteiger partial charge is 0.493 e. The van der Waals surface area contributed by atoms with Crippen LogP contribution in [0, 0.1) is 0 Å². The number of ether oxygens (including phenoxy) is 6. The van der Waals surface area contributed by atoms with Crippen LogP contribution in [0.25, 0.3) is 6.08 Å². The zero-order valence-electron chi connectivity index (χ0n) is 25.8. The number of aromatic nitrogens is 1. The van der Waals surface area contributed by atoms with Crippen molar-refractivity contribution in [2.24, 2.45) is 4.99 Å². The van der Waals surface area contributed by atoms with Crippen molar-refractivity contribution < 1.29 is 38.0 Å². The summed E-state index contributed by atoms with van der Waals surface area (Å²) in [5, 5.41) is 0. The summed E-state index contributed by atoms with van der Waals surface area (Å²) in [7, 11) is 2.83. The molecule has 1 aliphatic heterocycles. The number of allylic oxidation sites excluding steroid dienone is 1. The van der Waals surface area contributed by atoms with Gasteiger partial charge in [-0.1, -0.05) is 23.5 Å². The van der Waals surface area contributed by atoms with Gasteiger partial charge in [0.25, 0.3) is 5.56 Å². The highest BCUT2D eigenvalue weighted by molar-refractivity contribution is 7.07. The van der Waals surface area contributed by atoms with Crippen LogP contribution >= 0.6 is 11.3 Å². The number of thiazole rings is 1. The summed E-state index contributed by atoms with van der Waals surface area (Å²) in [6.07, 6.45) is 1.72. The fourth-order valence-electron chi connectivity index (χ4n) is 4.66. The summed E-state index contributed by atoms with van der Waals surface area (Å²) in [6.45, 7) is 9.24. The number of esters is 2. The Balaban J connectivity index is 1.87. The molecule has 1 aromatic heterocycles. The van der Waals surface area contributed by atoms with Gasteiger partial charge in [0.15, 0.2) is 34.4 Å². The Morgan fingerprint density at radius 3 is 2.41 bits per heavy atom. The molecule has 0 saturated carbocycles. The third-order valence-electron chi connectivity index (χ3n) is 6.52. The second kappa shape index (κ2) is 14.3. The number of benzene rings is 2. The molecule has 0 radical (unpaired) electrons. The van der Waals surface area contributed by atoms with Crippen LogP contribution < -0.4 is 33.8 Å². The number of rotatable bonds is 12. The van der Waals surface area contributed by atoms with Crippen LogP contribution in [-0.2, 0) is 19.1 Å². The Morgan fingerprint density at radius 1 is 1.00 bits per heavy atom. The van der Waals surface area contributed by atoms with Crippen molar-refractivity contribution >= 4 is 29.4 Å². The average molecular weight is 625 g/mol. The van der Waals surface area contributed by atoms with E-state index in [1.807, 2.05) is 26.8 Å². The third-order valence-corrected chi connectivity index (χ3v) is 7.50. The zero-order chi connectivity index (χ0) is 32.0. The highest BCUT2D eigenvalue weighted by Crippen LogP contribution is 2.36. The molecule has 0 saturated heterocycles. The van der Waals surface area contributed by atoms with Crippen LogP contribution in [0.3, 0.4) is 0 Å². The van der Waals surface area contributed by atoms with E-state index in [4.69, 9.17) is 23.7 Å². The number of hydrogen-bond donors (Lipinski definition) is 0. The fraction of sp³-hybridized carbons (Fsp3) is 0.375. The summed E-state index contributed by atoms with van der Waals surface area (Å²) in [6, 6.07) is 9.60. The minimum Gasteiger partial charge on any atom is -0.493 e. The predicted molar refractivity (Wildman–Crippen MR) is 164 cm³/mol. The molecule has 0 aliphatic carbocycles. The number of fused-ring (bicyclic) bond motifs is 1. The van der Waals surface area contributed by atoms with Gasteiger partial charge in [-0.2, -0.15) is 0 Å². The van der Waals surface area contributed by atoms with E-state index >= 15 is 0 Å². The van der Waals surface area contributed by atoms with Crippen LogP contribution in [0.15, 0.2) is 57.5 Å². The van der Waals surface area contributed by atoms with E-state index in [9.17, 15) is 14.4 Å². The van der Waals surface area contributed by atoms with Crippen molar-refractivity contribution in [3.05, 3.63) is 78.5 Å². The molecule has 12 heteroatoms. The van der Waals surface area contributed by atoms with E-state index in [0.717, 1.165) is 5.56 Å². The Kier molecular flexibility index (Phi) is 10.5. The van der Waals surface area contributed by atoms with Crippen LogP contribution in [-0.4, -0.2) is 56.6 Å². The smallest absolute Gasteiger partial charge is 0.343 e. The summed E-state index contributed by atoms with van der Waals surface area (Å²) >= 11 is 1.21. The van der Waals surface area contributed by atoms with Crippen LogP contribution in [0.2, 0.25) is 0 Å². The Bertz CT molecular complexity index is 1750. The van der Waals surface area contributed by atoms with Crippen LogP contribution in [0.4, 0.5) is 0 Å². The van der Waals surface area contributed by atoms with Gasteiger partial charge in [0.2, 0.25) is 0 Å². The Hall–Kier alpha value is -4.58. The van der Waals surface area contributed by atoms with E-state index in [0.29, 0.717) is 50.2 Å². The SMILES string of the molecule is CCOC(=O)C1=C(C)N=c2s/c(=C\c3ccc(OC(C)C)c(OC)c3)c(=O)n2[C@@H]1c1ccc(OCC(=O)OC)c(OCC)c1. The first-order valence-electron chi connectivity index (χ1n) is 14.1. The molecule has 44 heavy (non-hydrogen) atoms. The zero-order valence-corrected chi connectivity index (χ0v) is 26.6. The molecular formula is C32H36N2O9S. The minimum absolute atomic E-state index is 0.0352. The number of carbonyl (C=O) groups is 2. The Morgan fingerprint density at radius 2 is 1.75 bits per heavy atom. The Labute approximate surface area is 258 Å². The highest BCUT2D eigenvalue weighted by Gasteiger charge is 2.34. The van der Waals surface area contributed by atoms with E-state index in [1.54, 1.807) is 57.4 Å². The monoisotopic (exact) mass is 624 g/mol. The number of methoxy groups -OCH3 is 2. The lowest BCUT2D eigenvalue weighted by molar-refractivity contribution is -0.143. The molecule has 0 bridgehead atoms. The van der Waals surface area contributed by atoms with Crippen LogP contribution in [0.1, 0.15) is 51.8 Å². The molecule has 3 aromatic rings. The summed E-state index contributed by atoms with van der Waals surface area (Å²) < 4.78 is 34.7. The van der Waals surface area contributed by atoms with Crippen LogP contribution in [0.5, 0.6) is 23.0 Å². The lowest BCUT2D eigenvalue weighted by Crippen LogP contribution is -2.40. The van der Waals surface area contributed by atoms with Crippen molar-refractivity contribution in [1.29, 1.82) is 0 Å². The lowest BCUT2D eigenvalue weighted by atomic mass is 9.95. The summed E-state index contributed by atoms with van der Waals surface area (Å²) in [5.41, 5.74) is 1.63. The van der Waals surface area contributed by atoms with Gasteiger partial charge in [0.05, 0.1) is 55.4 Å². The first-order valence-corrected chi connectivity index (χ1v) is 14.9. The molecule has 4 rings (SSSR count). The number of carbonyl (C=O) groups excluding carboxylic acids is 2. The van der Waals surface area contributed by atoms with Crippen molar-refractivity contribution in [3.63, 3.8) is 0 Å². The maximum absolute atomic E-state index is 14.0. The molecule has 0 unspecified atom stereocenters. The minimum atomic E-state index is -0.863. The quantitative estimate of drug-likeness (QED) is 0.278. The highest BCUT2D eigenvalue weighted by atomic mass is 32.1. The van der Waals surface area contributed by atoms with Crippen molar-refractivity contribution in [2.75, 3.05) is 34.0 Å². The van der Waals surface area contributed by atoms with E-state index < -0.39 is 18.0 Å². The molecule has 234 valence electrons. The van der Waals surface area contributed by atoms with Gasteiger partial charge in [-0.25, -0.2) is 14.6 Å². The maximum Gasteiger partial charge on any atom is 0.343 e. The van der Waals surface area contributed by atoms with Crippen molar-refractivity contribution in [1.82, 2.24) is 4.57 Å². The molecule has 0 N–H and O–H groups in total. The average Bonchev–Trinajstić information content (AvgIpc) is 3.29. The summed E-state index contributed by atoms with van der Waals surface area (Å²) in [5.74, 6) is 0.653. The summed E-state index contributed by atoms with van der Waals surface area (Å²) in [4.78, 5) is 44.1. The number of hydrogen-bond acceptors (Lipinski definition) is 11. The first kappa shape index (κ1) is 32.3. The molecule has 0 spiro atoms. The molecular weight excluding hydrogens is 588 g/mol. The van der Waals surface area contributed by atoms with Gasteiger partial charge in [-0.15, -0.1) is 0 Å². The van der Waals surface area contributed by atoms with Gasteiger partial charge < -0.3 is 28.4 Å². The molecule has 11 nitrogen and oxygen atoms in total. The van der Waals surface area contributed by atoms with E-state index in [1.165, 1.54) is 23.0 Å². The standard InChI is InChI=1S/C32H36N2O9S/c1-8-40-25-16-21(11-13-22(25)42-17-27(35)39-7)29-28(31(37)41-9-2)19(5)33-32-34(29)30(36)26(44-32)15-20-10-12-23(43-18(3)4)24(14-20)38-6/h10-16,18,29H,8-9,17H2,1-7H3/b26-15-/t29-/m1/s1. The van der Waals surface area contributed by atoms with Gasteiger partial charge in [0.1, 0.15) is 0 Å². The van der Waals surface area contributed by atoms with Gasteiger partial charge in [-0.05, 0) is 76.1 Å². The molecule has 2 heterocycles. The molecule has 1 aliphatic rings. The van der Waals surface area contributed by atoms with Gasteiger partial charge in [0, 0.05) is 0 Å². The second-order valence-electron chi connectivity index (χ2n) is 9.88. The molecule has 2 aromatic carbocycles. The van der Waals surface area contributed by atoms with Crippen molar-refractivity contribution in [2.45, 2.75) is 46.8 Å². The normalized spacial score (nSPS) is 14.5. The fourth-order valence-corrected chi connectivity index (χ4v) is 5.71. The predicted octanol–water partition coefficient (Wildman–Crippen LogP) is 3.54. The van der Waals surface area contributed by atoms with Gasteiger partial charge >= 0.3 is 11.9 Å². The topological polar surface area (TPSA) is 124 Å².